The highest BCUT2D eigenvalue weighted by molar-refractivity contribution is 6.13. The zero-order chi connectivity index (χ0) is 19.9. The summed E-state index contributed by atoms with van der Waals surface area (Å²) in [5, 5.41) is 0. The van der Waals surface area contributed by atoms with Crippen molar-refractivity contribution in [3.8, 4) is 17.2 Å². The Kier molecular flexibility index (Phi) is 6.32. The molecule has 28 heavy (non-hydrogen) atoms. The van der Waals surface area contributed by atoms with E-state index in [0.29, 0.717) is 36.0 Å². The van der Waals surface area contributed by atoms with Gasteiger partial charge in [-0.1, -0.05) is 25.1 Å². The maximum atomic E-state index is 12.3. The molecule has 0 aromatic heterocycles. The van der Waals surface area contributed by atoms with Crippen LogP contribution in [0, 0.1) is 0 Å². The van der Waals surface area contributed by atoms with Crippen molar-refractivity contribution < 1.29 is 23.7 Å². The number of benzene rings is 2. The molecule has 3 rings (SSSR count). The van der Waals surface area contributed by atoms with E-state index < -0.39 is 5.97 Å². The molecule has 0 radical (unpaired) electrons. The zero-order valence-corrected chi connectivity index (χ0v) is 16.2. The Morgan fingerprint density at radius 2 is 1.86 bits per heavy atom. The van der Waals surface area contributed by atoms with Gasteiger partial charge in [-0.05, 0) is 49.2 Å². The quantitative estimate of drug-likeness (QED) is 0.506. The van der Waals surface area contributed by atoms with Crippen LogP contribution >= 0.6 is 0 Å². The predicted octanol–water partition coefficient (Wildman–Crippen LogP) is 4.23. The third kappa shape index (κ3) is 4.34. The fourth-order valence-corrected chi connectivity index (χ4v) is 2.72. The van der Waals surface area contributed by atoms with Crippen molar-refractivity contribution in [3.05, 3.63) is 59.3 Å². The molecule has 0 unspecified atom stereocenters. The Balaban J connectivity index is 1.91. The van der Waals surface area contributed by atoms with Gasteiger partial charge in [-0.25, -0.2) is 9.79 Å². The van der Waals surface area contributed by atoms with Crippen LogP contribution in [0.25, 0.3) is 6.08 Å². The van der Waals surface area contributed by atoms with Crippen molar-refractivity contribution in [1.29, 1.82) is 0 Å². The molecule has 6 heteroatoms. The standard InChI is InChI=1S/C22H23NO5/c1-4-12-27-19-11-10-15(14-20(19)26-5-2)13-17-22(24)28-21(23-17)16-8-6-7-9-18(16)25-3/h6-11,13-14H,4-5,12H2,1-3H3/b17-13-. The largest absolute Gasteiger partial charge is 0.496 e. The first-order chi connectivity index (χ1) is 13.7. The number of para-hydroxylation sites is 1. The Bertz CT molecular complexity index is 917. The van der Waals surface area contributed by atoms with Crippen LogP contribution in [0.1, 0.15) is 31.4 Å². The lowest BCUT2D eigenvalue weighted by Gasteiger charge is -2.12. The smallest absolute Gasteiger partial charge is 0.363 e. The Hall–Kier alpha value is -3.28. The first kappa shape index (κ1) is 19.5. The molecule has 2 aromatic rings. The molecule has 0 amide bonds. The number of hydrogen-bond donors (Lipinski definition) is 0. The van der Waals surface area contributed by atoms with E-state index in [2.05, 4.69) is 4.99 Å². The molecule has 0 aliphatic carbocycles. The average Bonchev–Trinajstić information content (AvgIpc) is 3.07. The minimum absolute atomic E-state index is 0.214. The van der Waals surface area contributed by atoms with Crippen molar-refractivity contribution in [2.24, 2.45) is 4.99 Å². The Labute approximate surface area is 164 Å². The second kappa shape index (κ2) is 9.08. The normalized spacial score (nSPS) is 14.6. The number of carbonyl (C=O) groups excluding carboxylic acids is 1. The van der Waals surface area contributed by atoms with Gasteiger partial charge in [-0.2, -0.15) is 0 Å². The van der Waals surface area contributed by atoms with Crippen LogP contribution < -0.4 is 14.2 Å². The summed E-state index contributed by atoms with van der Waals surface area (Å²) in [7, 11) is 1.56. The molecule has 146 valence electrons. The summed E-state index contributed by atoms with van der Waals surface area (Å²) in [6, 6.07) is 12.8. The minimum Gasteiger partial charge on any atom is -0.496 e. The minimum atomic E-state index is -0.509. The van der Waals surface area contributed by atoms with Crippen LogP contribution in [0.15, 0.2) is 53.2 Å². The van der Waals surface area contributed by atoms with Gasteiger partial charge in [-0.3, -0.25) is 0 Å². The SMILES string of the molecule is CCCOc1ccc(/C=C2\N=C(c3ccccc3OC)OC2=O)cc1OCC. The fraction of sp³-hybridized carbons (Fsp3) is 0.273. The molecule has 1 aliphatic heterocycles. The molecule has 0 saturated heterocycles. The first-order valence-corrected chi connectivity index (χ1v) is 9.21. The van der Waals surface area contributed by atoms with Crippen LogP contribution in [0.5, 0.6) is 17.2 Å². The number of ether oxygens (including phenoxy) is 4. The van der Waals surface area contributed by atoms with Crippen LogP contribution in [0.4, 0.5) is 0 Å². The van der Waals surface area contributed by atoms with Gasteiger partial charge >= 0.3 is 5.97 Å². The number of nitrogens with zero attached hydrogens (tertiary/aromatic N) is 1. The summed E-state index contributed by atoms with van der Waals surface area (Å²) in [6.45, 7) is 5.08. The van der Waals surface area contributed by atoms with E-state index in [1.807, 2.05) is 44.2 Å². The van der Waals surface area contributed by atoms with Gasteiger partial charge in [0.15, 0.2) is 17.2 Å². The van der Waals surface area contributed by atoms with E-state index in [1.165, 1.54) is 0 Å². The van der Waals surface area contributed by atoms with Gasteiger partial charge < -0.3 is 18.9 Å². The lowest BCUT2D eigenvalue weighted by atomic mass is 10.1. The van der Waals surface area contributed by atoms with Crippen LogP contribution in [0.2, 0.25) is 0 Å². The van der Waals surface area contributed by atoms with Gasteiger partial charge in [0.05, 0.1) is 25.9 Å². The summed E-state index contributed by atoms with van der Waals surface area (Å²) in [4.78, 5) is 16.6. The maximum absolute atomic E-state index is 12.3. The van der Waals surface area contributed by atoms with Gasteiger partial charge in [0.25, 0.3) is 0 Å². The average molecular weight is 381 g/mol. The molecule has 0 bridgehead atoms. The van der Waals surface area contributed by atoms with E-state index >= 15 is 0 Å². The summed E-state index contributed by atoms with van der Waals surface area (Å²) in [6.07, 6.45) is 2.57. The number of methoxy groups -OCH3 is 1. The maximum Gasteiger partial charge on any atom is 0.363 e. The molecule has 0 saturated carbocycles. The topological polar surface area (TPSA) is 66.3 Å². The number of esters is 1. The highest BCUT2D eigenvalue weighted by atomic mass is 16.6. The summed E-state index contributed by atoms with van der Waals surface area (Å²) >= 11 is 0. The van der Waals surface area contributed by atoms with Gasteiger partial charge in [0.1, 0.15) is 5.75 Å². The number of hydrogen-bond acceptors (Lipinski definition) is 6. The summed E-state index contributed by atoms with van der Waals surface area (Å²) < 4.78 is 22.0. The monoisotopic (exact) mass is 381 g/mol. The van der Waals surface area contributed by atoms with Gasteiger partial charge in [-0.15, -0.1) is 0 Å². The predicted molar refractivity (Wildman–Crippen MR) is 107 cm³/mol. The van der Waals surface area contributed by atoms with E-state index in [4.69, 9.17) is 18.9 Å². The molecule has 0 atom stereocenters. The van der Waals surface area contributed by atoms with Gasteiger partial charge in [0, 0.05) is 0 Å². The molecule has 1 heterocycles. The first-order valence-electron chi connectivity index (χ1n) is 9.21. The van der Waals surface area contributed by atoms with Crippen molar-refractivity contribution in [1.82, 2.24) is 0 Å². The third-order valence-corrected chi connectivity index (χ3v) is 3.99. The molecule has 1 aliphatic rings. The zero-order valence-electron chi connectivity index (χ0n) is 16.2. The van der Waals surface area contributed by atoms with E-state index in [9.17, 15) is 4.79 Å². The lowest BCUT2D eigenvalue weighted by Crippen LogP contribution is -2.06. The van der Waals surface area contributed by atoms with Gasteiger partial charge in [0.2, 0.25) is 5.90 Å². The Morgan fingerprint density at radius 3 is 2.61 bits per heavy atom. The summed E-state index contributed by atoms with van der Waals surface area (Å²) in [5.74, 6) is 1.61. The molecule has 2 aromatic carbocycles. The van der Waals surface area contributed by atoms with Crippen LogP contribution in [-0.4, -0.2) is 32.2 Å². The molecule has 6 nitrogen and oxygen atoms in total. The summed E-state index contributed by atoms with van der Waals surface area (Å²) in [5.41, 5.74) is 1.61. The number of rotatable bonds is 8. The van der Waals surface area contributed by atoms with Crippen molar-refractivity contribution in [2.45, 2.75) is 20.3 Å². The van der Waals surface area contributed by atoms with E-state index in [1.54, 1.807) is 25.3 Å². The number of aliphatic imine (C=N–C) groups is 1. The number of carbonyl (C=O) groups is 1. The molecular formula is C22H23NO5. The highest BCUT2D eigenvalue weighted by Gasteiger charge is 2.26. The van der Waals surface area contributed by atoms with E-state index in [0.717, 1.165) is 12.0 Å². The van der Waals surface area contributed by atoms with Crippen molar-refractivity contribution in [2.75, 3.05) is 20.3 Å². The highest BCUT2D eigenvalue weighted by Crippen LogP contribution is 2.31. The third-order valence-electron chi connectivity index (χ3n) is 3.99. The van der Waals surface area contributed by atoms with E-state index in [-0.39, 0.29) is 11.6 Å². The fourth-order valence-electron chi connectivity index (χ4n) is 2.72. The Morgan fingerprint density at radius 1 is 1.04 bits per heavy atom. The second-order valence-electron chi connectivity index (χ2n) is 6.02. The van der Waals surface area contributed by atoms with Crippen molar-refractivity contribution >= 4 is 17.9 Å². The lowest BCUT2D eigenvalue weighted by molar-refractivity contribution is -0.129. The van der Waals surface area contributed by atoms with Crippen molar-refractivity contribution in [3.63, 3.8) is 0 Å². The molecule has 0 N–H and O–H groups in total. The van der Waals surface area contributed by atoms with Crippen LogP contribution in [-0.2, 0) is 9.53 Å². The number of cyclic esters (lactones) is 1. The molecule has 0 spiro atoms. The molecular weight excluding hydrogens is 358 g/mol. The van der Waals surface area contributed by atoms with Crippen LogP contribution in [0.3, 0.4) is 0 Å². The second-order valence-corrected chi connectivity index (χ2v) is 6.02. The molecule has 0 fully saturated rings.